The standard InChI is InChI=1S/C16H21ClN2O4/c1-3-16(4-2)14(21)19(15(22)18-16)9-12(20)10-23-13-7-5-11(17)6-8-13/h5-8,12,20H,3-4,9-10H2,1-2H3,(H,18,22)/t12-/m0/s1. The van der Waals surface area contributed by atoms with E-state index in [-0.39, 0.29) is 19.1 Å². The van der Waals surface area contributed by atoms with E-state index in [0.717, 1.165) is 4.90 Å². The van der Waals surface area contributed by atoms with Gasteiger partial charge in [-0.05, 0) is 37.1 Å². The van der Waals surface area contributed by atoms with E-state index in [0.29, 0.717) is 23.6 Å². The smallest absolute Gasteiger partial charge is 0.325 e. The van der Waals surface area contributed by atoms with Gasteiger partial charge in [0, 0.05) is 5.02 Å². The molecule has 1 aromatic carbocycles. The van der Waals surface area contributed by atoms with Crippen molar-refractivity contribution in [1.29, 1.82) is 0 Å². The Bertz CT molecular complexity index is 572. The molecule has 0 saturated carbocycles. The molecule has 1 heterocycles. The minimum Gasteiger partial charge on any atom is -0.491 e. The maximum atomic E-state index is 12.4. The molecule has 2 N–H and O–H groups in total. The first-order valence-electron chi connectivity index (χ1n) is 7.62. The van der Waals surface area contributed by atoms with Gasteiger partial charge in [-0.1, -0.05) is 25.4 Å². The number of benzene rings is 1. The first-order valence-corrected chi connectivity index (χ1v) is 8.00. The summed E-state index contributed by atoms with van der Waals surface area (Å²) < 4.78 is 5.43. The molecule has 1 saturated heterocycles. The maximum absolute atomic E-state index is 12.4. The van der Waals surface area contributed by atoms with Crippen molar-refractivity contribution in [2.75, 3.05) is 13.2 Å². The zero-order chi connectivity index (χ0) is 17.0. The van der Waals surface area contributed by atoms with Crippen LogP contribution in [0.3, 0.4) is 0 Å². The molecule has 3 amide bonds. The van der Waals surface area contributed by atoms with Gasteiger partial charge in [-0.15, -0.1) is 0 Å². The highest BCUT2D eigenvalue weighted by molar-refractivity contribution is 6.30. The Hall–Kier alpha value is -1.79. The van der Waals surface area contributed by atoms with E-state index in [1.807, 2.05) is 13.8 Å². The van der Waals surface area contributed by atoms with Gasteiger partial charge in [0.25, 0.3) is 5.91 Å². The lowest BCUT2D eigenvalue weighted by atomic mass is 9.93. The topological polar surface area (TPSA) is 78.9 Å². The summed E-state index contributed by atoms with van der Waals surface area (Å²) in [4.78, 5) is 25.5. The van der Waals surface area contributed by atoms with Crippen molar-refractivity contribution in [1.82, 2.24) is 10.2 Å². The molecule has 1 aromatic rings. The van der Waals surface area contributed by atoms with Crippen molar-refractivity contribution in [2.45, 2.75) is 38.3 Å². The van der Waals surface area contributed by atoms with Gasteiger partial charge in [0.15, 0.2) is 0 Å². The zero-order valence-electron chi connectivity index (χ0n) is 13.2. The number of hydrogen-bond donors (Lipinski definition) is 2. The van der Waals surface area contributed by atoms with Crippen molar-refractivity contribution in [3.8, 4) is 5.75 Å². The Labute approximate surface area is 140 Å². The Morgan fingerprint density at radius 2 is 1.87 bits per heavy atom. The van der Waals surface area contributed by atoms with Crippen molar-refractivity contribution >= 4 is 23.5 Å². The summed E-state index contributed by atoms with van der Waals surface area (Å²) in [6, 6.07) is 6.25. The van der Waals surface area contributed by atoms with E-state index in [2.05, 4.69) is 5.32 Å². The summed E-state index contributed by atoms with van der Waals surface area (Å²) in [5.74, 6) is 0.264. The number of nitrogens with one attached hydrogen (secondary N) is 1. The third-order valence-corrected chi connectivity index (χ3v) is 4.35. The van der Waals surface area contributed by atoms with Crippen LogP contribution in [-0.4, -0.2) is 46.7 Å². The normalized spacial score (nSPS) is 18.0. The van der Waals surface area contributed by atoms with E-state index in [1.54, 1.807) is 24.3 Å². The molecule has 0 spiro atoms. The van der Waals surface area contributed by atoms with Gasteiger partial charge in [-0.2, -0.15) is 0 Å². The van der Waals surface area contributed by atoms with Gasteiger partial charge in [0.05, 0.1) is 6.54 Å². The van der Waals surface area contributed by atoms with Gasteiger partial charge < -0.3 is 15.2 Å². The number of rotatable bonds is 7. The predicted molar refractivity (Wildman–Crippen MR) is 86.5 cm³/mol. The summed E-state index contributed by atoms with van der Waals surface area (Å²) >= 11 is 5.78. The van der Waals surface area contributed by atoms with Gasteiger partial charge in [-0.25, -0.2) is 4.79 Å². The van der Waals surface area contributed by atoms with Crippen molar-refractivity contribution in [3.63, 3.8) is 0 Å². The zero-order valence-corrected chi connectivity index (χ0v) is 14.0. The first kappa shape index (κ1) is 17.6. The number of amides is 3. The summed E-state index contributed by atoms with van der Waals surface area (Å²) in [7, 11) is 0. The second-order valence-electron chi connectivity index (χ2n) is 5.55. The molecule has 23 heavy (non-hydrogen) atoms. The van der Waals surface area contributed by atoms with Crippen LogP contribution in [0.25, 0.3) is 0 Å². The Morgan fingerprint density at radius 1 is 1.26 bits per heavy atom. The quantitative estimate of drug-likeness (QED) is 0.746. The molecular formula is C16H21ClN2O4. The van der Waals surface area contributed by atoms with Crippen LogP contribution in [0.5, 0.6) is 5.75 Å². The predicted octanol–water partition coefficient (Wildman–Crippen LogP) is 2.19. The van der Waals surface area contributed by atoms with E-state index in [4.69, 9.17) is 16.3 Å². The molecule has 7 heteroatoms. The lowest BCUT2D eigenvalue weighted by molar-refractivity contribution is -0.132. The van der Waals surface area contributed by atoms with Gasteiger partial charge in [0.1, 0.15) is 24.0 Å². The highest BCUT2D eigenvalue weighted by atomic mass is 35.5. The molecule has 0 aromatic heterocycles. The van der Waals surface area contributed by atoms with Crippen molar-refractivity contribution < 1.29 is 19.4 Å². The fourth-order valence-corrected chi connectivity index (χ4v) is 2.68. The lowest BCUT2D eigenvalue weighted by Crippen LogP contribution is -2.46. The Morgan fingerprint density at radius 3 is 2.39 bits per heavy atom. The van der Waals surface area contributed by atoms with Gasteiger partial charge in [0.2, 0.25) is 0 Å². The second-order valence-corrected chi connectivity index (χ2v) is 5.99. The number of carbonyl (C=O) groups excluding carboxylic acids is 2. The number of urea groups is 1. The van der Waals surface area contributed by atoms with E-state index >= 15 is 0 Å². The molecule has 1 atom stereocenters. The highest BCUT2D eigenvalue weighted by Gasteiger charge is 2.48. The number of nitrogens with zero attached hydrogens (tertiary/aromatic N) is 1. The minimum atomic E-state index is -0.968. The number of β-amino-alcohol motifs (C(OH)–C–C–N with tert-alkyl or cyclic N) is 1. The SMILES string of the molecule is CCC1(CC)NC(=O)N(C[C@H](O)COc2ccc(Cl)cc2)C1=O. The molecule has 0 bridgehead atoms. The largest absolute Gasteiger partial charge is 0.491 e. The molecule has 0 aliphatic carbocycles. The number of imide groups is 1. The minimum absolute atomic E-state index is 0.0239. The average molecular weight is 341 g/mol. The second kappa shape index (κ2) is 7.19. The van der Waals surface area contributed by atoms with Crippen molar-refractivity contribution in [3.05, 3.63) is 29.3 Å². The molecule has 1 fully saturated rings. The van der Waals surface area contributed by atoms with Crippen LogP contribution in [-0.2, 0) is 4.79 Å². The molecule has 126 valence electrons. The van der Waals surface area contributed by atoms with E-state index in [9.17, 15) is 14.7 Å². The molecule has 1 aliphatic rings. The van der Waals surface area contributed by atoms with Crippen LogP contribution in [0.1, 0.15) is 26.7 Å². The molecule has 2 rings (SSSR count). The fourth-order valence-electron chi connectivity index (χ4n) is 2.56. The molecule has 6 nitrogen and oxygen atoms in total. The van der Waals surface area contributed by atoms with Gasteiger partial charge >= 0.3 is 6.03 Å². The first-order chi connectivity index (χ1) is 10.9. The summed E-state index contributed by atoms with van der Waals surface area (Å²) in [5.41, 5.74) is -0.853. The van der Waals surface area contributed by atoms with Crippen LogP contribution in [0, 0.1) is 0 Å². The lowest BCUT2D eigenvalue weighted by Gasteiger charge is -2.23. The third-order valence-electron chi connectivity index (χ3n) is 4.10. The van der Waals surface area contributed by atoms with Crippen LogP contribution >= 0.6 is 11.6 Å². The number of aliphatic hydroxyl groups excluding tert-OH is 1. The van der Waals surface area contributed by atoms with Crippen LogP contribution in [0.15, 0.2) is 24.3 Å². The van der Waals surface area contributed by atoms with Crippen LogP contribution < -0.4 is 10.1 Å². The summed E-state index contributed by atoms with van der Waals surface area (Å²) in [5, 5.41) is 13.4. The Kier molecular flexibility index (Phi) is 5.49. The number of aliphatic hydroxyl groups is 1. The third kappa shape index (κ3) is 3.76. The molecule has 0 unspecified atom stereocenters. The van der Waals surface area contributed by atoms with Crippen molar-refractivity contribution in [2.24, 2.45) is 0 Å². The average Bonchev–Trinajstić information content (AvgIpc) is 2.79. The van der Waals surface area contributed by atoms with E-state index in [1.165, 1.54) is 0 Å². The Balaban J connectivity index is 1.92. The fraction of sp³-hybridized carbons (Fsp3) is 0.500. The highest BCUT2D eigenvalue weighted by Crippen LogP contribution is 2.25. The molecule has 0 radical (unpaired) electrons. The summed E-state index contributed by atoms with van der Waals surface area (Å²) in [6.07, 6.45) is 0.0639. The number of ether oxygens (including phenoxy) is 1. The number of halogens is 1. The van der Waals surface area contributed by atoms with Crippen LogP contribution in [0.4, 0.5) is 4.79 Å². The molecule has 1 aliphatic heterocycles. The van der Waals surface area contributed by atoms with E-state index < -0.39 is 17.7 Å². The summed E-state index contributed by atoms with van der Waals surface area (Å²) in [6.45, 7) is 3.58. The number of carbonyl (C=O) groups is 2. The van der Waals surface area contributed by atoms with Gasteiger partial charge in [-0.3, -0.25) is 9.69 Å². The molecular weight excluding hydrogens is 320 g/mol. The van der Waals surface area contributed by atoms with Crippen LogP contribution in [0.2, 0.25) is 5.02 Å². The monoisotopic (exact) mass is 340 g/mol. The number of hydrogen-bond acceptors (Lipinski definition) is 4. The maximum Gasteiger partial charge on any atom is 0.325 e.